The van der Waals surface area contributed by atoms with E-state index in [1.165, 1.54) is 51.6 Å². The summed E-state index contributed by atoms with van der Waals surface area (Å²) in [5.74, 6) is 2.54. The van der Waals surface area contributed by atoms with Gasteiger partial charge in [0.25, 0.3) is 0 Å². The highest BCUT2D eigenvalue weighted by atomic mass is 79.9. The quantitative estimate of drug-likeness (QED) is 0.291. The third-order valence-corrected chi connectivity index (χ3v) is 13.1. The fourth-order valence-corrected chi connectivity index (χ4v) is 11.3. The first kappa shape index (κ1) is 30.0. The SMILES string of the molecule is C=CC[N+]1(C2CC3C4CCC5CC(O)C(N6CCOCC6)CC5(C)C4CCC3(C)C2OC(C)=O)CCCC1.[Br-]. The van der Waals surface area contributed by atoms with Crippen molar-refractivity contribution in [2.24, 2.45) is 34.5 Å². The second-order valence-corrected chi connectivity index (χ2v) is 14.6. The van der Waals surface area contributed by atoms with Crippen LogP contribution in [0.25, 0.3) is 0 Å². The molecule has 0 aromatic rings. The van der Waals surface area contributed by atoms with E-state index in [4.69, 9.17) is 9.47 Å². The Balaban J connectivity index is 0.00000308. The molecule has 39 heavy (non-hydrogen) atoms. The van der Waals surface area contributed by atoms with E-state index in [-0.39, 0.29) is 52.0 Å². The molecule has 6 nitrogen and oxygen atoms in total. The zero-order valence-corrected chi connectivity index (χ0v) is 26.2. The Labute approximate surface area is 247 Å². The lowest BCUT2D eigenvalue weighted by molar-refractivity contribution is -0.937. The summed E-state index contributed by atoms with van der Waals surface area (Å²) < 4.78 is 13.1. The summed E-state index contributed by atoms with van der Waals surface area (Å²) in [4.78, 5) is 15.0. The van der Waals surface area contributed by atoms with E-state index >= 15 is 0 Å². The number of likely N-dealkylation sites (tertiary alicyclic amines) is 1. The van der Waals surface area contributed by atoms with Crippen molar-refractivity contribution in [1.29, 1.82) is 0 Å². The zero-order chi connectivity index (χ0) is 26.7. The van der Waals surface area contributed by atoms with Crippen molar-refractivity contribution in [2.75, 3.05) is 45.9 Å². The molecule has 2 saturated heterocycles. The summed E-state index contributed by atoms with van der Waals surface area (Å²) in [6.07, 6.45) is 12.7. The average molecular weight is 610 g/mol. The second kappa shape index (κ2) is 11.3. The minimum absolute atomic E-state index is 0. The molecule has 2 aliphatic heterocycles. The molecular weight excluding hydrogens is 556 g/mol. The smallest absolute Gasteiger partial charge is 0.303 e. The zero-order valence-electron chi connectivity index (χ0n) is 24.7. The fourth-order valence-electron chi connectivity index (χ4n) is 11.3. The number of morpholine rings is 1. The van der Waals surface area contributed by atoms with Gasteiger partial charge < -0.3 is 36.0 Å². The Hall–Kier alpha value is -0.470. The van der Waals surface area contributed by atoms with Crippen molar-refractivity contribution < 1.29 is 40.8 Å². The maximum absolute atomic E-state index is 12.5. The summed E-state index contributed by atoms with van der Waals surface area (Å²) in [5, 5.41) is 11.3. The van der Waals surface area contributed by atoms with E-state index < -0.39 is 0 Å². The lowest BCUT2D eigenvalue weighted by Gasteiger charge is -2.62. The Kier molecular flexibility index (Phi) is 8.70. The number of aliphatic hydroxyl groups excluding tert-OH is 1. The van der Waals surface area contributed by atoms with Gasteiger partial charge in [-0.2, -0.15) is 0 Å². The van der Waals surface area contributed by atoms with Gasteiger partial charge >= 0.3 is 5.97 Å². The summed E-state index contributed by atoms with van der Waals surface area (Å²) in [6.45, 7) is 17.7. The third-order valence-electron chi connectivity index (χ3n) is 13.1. The number of aliphatic hydroxyl groups is 1. The molecule has 6 aliphatic rings. The van der Waals surface area contributed by atoms with Crippen LogP contribution in [0.1, 0.15) is 78.6 Å². The van der Waals surface area contributed by atoms with Crippen LogP contribution < -0.4 is 17.0 Å². The molecule has 0 aromatic heterocycles. The van der Waals surface area contributed by atoms with E-state index in [9.17, 15) is 9.90 Å². The monoisotopic (exact) mass is 608 g/mol. The lowest BCUT2D eigenvalue weighted by Crippen LogP contribution is -3.00. The number of carbonyl (C=O) groups is 1. The van der Waals surface area contributed by atoms with Gasteiger partial charge in [-0.05, 0) is 73.7 Å². The molecule has 1 N–H and O–H groups in total. The van der Waals surface area contributed by atoms with E-state index in [2.05, 4.69) is 31.4 Å². The number of hydrogen-bond donors (Lipinski definition) is 1. The molecule has 6 rings (SSSR count). The molecule has 0 bridgehead atoms. The molecule has 10 unspecified atom stereocenters. The Bertz CT molecular complexity index is 905. The number of hydrogen-bond acceptors (Lipinski definition) is 5. The first-order valence-corrected chi connectivity index (χ1v) is 15.9. The van der Waals surface area contributed by atoms with Gasteiger partial charge in [0, 0.05) is 50.7 Å². The number of ether oxygens (including phenoxy) is 2. The molecule has 2 heterocycles. The minimum atomic E-state index is -0.209. The van der Waals surface area contributed by atoms with E-state index in [0.717, 1.165) is 56.6 Å². The number of halogens is 1. The van der Waals surface area contributed by atoms with Crippen molar-refractivity contribution in [3.63, 3.8) is 0 Å². The third kappa shape index (κ3) is 4.88. The second-order valence-electron chi connectivity index (χ2n) is 14.6. The molecule has 4 saturated carbocycles. The summed E-state index contributed by atoms with van der Waals surface area (Å²) >= 11 is 0. The van der Waals surface area contributed by atoms with E-state index in [1.807, 2.05) is 0 Å². The van der Waals surface area contributed by atoms with Crippen molar-refractivity contribution in [2.45, 2.75) is 103 Å². The van der Waals surface area contributed by atoms with Crippen LogP contribution in [0.3, 0.4) is 0 Å². The molecule has 4 aliphatic carbocycles. The maximum atomic E-state index is 12.5. The fraction of sp³-hybridized carbons (Fsp3) is 0.906. The van der Waals surface area contributed by atoms with Gasteiger partial charge in [0.15, 0.2) is 6.10 Å². The highest BCUT2D eigenvalue weighted by Gasteiger charge is 2.67. The predicted octanol–water partition coefficient (Wildman–Crippen LogP) is 1.41. The minimum Gasteiger partial charge on any atom is -1.00 e. The van der Waals surface area contributed by atoms with Gasteiger partial charge in [-0.25, -0.2) is 0 Å². The largest absolute Gasteiger partial charge is 1.00 e. The van der Waals surface area contributed by atoms with Crippen LogP contribution in [0.5, 0.6) is 0 Å². The number of carbonyl (C=O) groups excluding carboxylic acids is 1. The predicted molar refractivity (Wildman–Crippen MR) is 148 cm³/mol. The topological polar surface area (TPSA) is 59.0 Å². The molecular formula is C32H53BrN2O4. The first-order valence-electron chi connectivity index (χ1n) is 15.9. The van der Waals surface area contributed by atoms with Crippen LogP contribution in [0, 0.1) is 34.5 Å². The van der Waals surface area contributed by atoms with E-state index in [1.54, 1.807) is 6.92 Å². The summed E-state index contributed by atoms with van der Waals surface area (Å²) in [6, 6.07) is 0.663. The van der Waals surface area contributed by atoms with E-state index in [0.29, 0.717) is 29.7 Å². The molecule has 0 amide bonds. The number of fused-ring (bicyclic) bond motifs is 5. The standard InChI is InChI=1S/C32H53N2O4.BrH/c1-5-14-34(15-6-7-16-34)28-20-26-24-9-8-23-19-29(36)27(33-12-17-37-18-13-33)21-32(23,4)25(24)10-11-31(26,3)30(28)38-22(2)35;/h5,23-30,36H,1,6-21H2,2-4H3;1H/q+1;/p-1. The number of nitrogens with zero attached hydrogens (tertiary/aromatic N) is 2. The van der Waals surface area contributed by atoms with Crippen LogP contribution in [-0.2, 0) is 14.3 Å². The first-order chi connectivity index (χ1) is 18.2. The normalized spacial score (nSPS) is 47.3. The average Bonchev–Trinajstić information content (AvgIpc) is 3.48. The van der Waals surface area contributed by atoms with Crippen molar-refractivity contribution in [3.05, 3.63) is 12.7 Å². The number of rotatable bonds is 5. The summed E-state index contributed by atoms with van der Waals surface area (Å²) in [7, 11) is 0. The maximum Gasteiger partial charge on any atom is 0.303 e. The van der Waals surface area contributed by atoms with Gasteiger partial charge in [0.05, 0.1) is 39.0 Å². The van der Waals surface area contributed by atoms with Gasteiger partial charge in [0.2, 0.25) is 0 Å². The van der Waals surface area contributed by atoms with Crippen molar-refractivity contribution >= 4 is 5.97 Å². The highest BCUT2D eigenvalue weighted by molar-refractivity contribution is 5.66. The Morgan fingerprint density at radius 1 is 1.10 bits per heavy atom. The van der Waals surface area contributed by atoms with Crippen LogP contribution in [0.2, 0.25) is 0 Å². The molecule has 222 valence electrons. The van der Waals surface area contributed by atoms with Crippen molar-refractivity contribution in [3.8, 4) is 0 Å². The molecule has 6 fully saturated rings. The lowest BCUT2D eigenvalue weighted by atomic mass is 9.44. The molecule has 7 heteroatoms. The Morgan fingerprint density at radius 2 is 1.82 bits per heavy atom. The number of esters is 1. The van der Waals surface area contributed by atoms with Gasteiger partial charge in [-0.1, -0.05) is 20.4 Å². The molecule has 10 atom stereocenters. The Morgan fingerprint density at radius 3 is 2.49 bits per heavy atom. The van der Waals surface area contributed by atoms with Crippen molar-refractivity contribution in [1.82, 2.24) is 4.90 Å². The van der Waals surface area contributed by atoms with Crippen LogP contribution in [0.15, 0.2) is 12.7 Å². The van der Waals surface area contributed by atoms with Crippen LogP contribution >= 0.6 is 0 Å². The molecule has 0 spiro atoms. The number of quaternary nitrogens is 1. The molecule has 0 radical (unpaired) electrons. The highest BCUT2D eigenvalue weighted by Crippen LogP contribution is 2.67. The van der Waals surface area contributed by atoms with Gasteiger partial charge in [-0.3, -0.25) is 9.69 Å². The van der Waals surface area contributed by atoms with Crippen LogP contribution in [-0.4, -0.2) is 90.7 Å². The molecule has 0 aromatic carbocycles. The van der Waals surface area contributed by atoms with Crippen LogP contribution in [0.4, 0.5) is 0 Å². The summed E-state index contributed by atoms with van der Waals surface area (Å²) in [5.41, 5.74) is 0.343. The van der Waals surface area contributed by atoms with Gasteiger partial charge in [-0.15, -0.1) is 0 Å². The van der Waals surface area contributed by atoms with Gasteiger partial charge in [0.1, 0.15) is 6.04 Å².